The summed E-state index contributed by atoms with van der Waals surface area (Å²) in [6.45, 7) is 1.56. The largest absolute Gasteiger partial charge is 0.337 e. The summed E-state index contributed by atoms with van der Waals surface area (Å²) in [5.41, 5.74) is -0.226. The van der Waals surface area contributed by atoms with Gasteiger partial charge in [0.2, 0.25) is 5.91 Å². The molecule has 30 heavy (non-hydrogen) atoms. The average Bonchev–Trinajstić information content (AvgIpc) is 3.11. The number of carbonyl (C=O) groups excluding carboxylic acids is 1. The van der Waals surface area contributed by atoms with Gasteiger partial charge in [-0.1, -0.05) is 41.4 Å². The van der Waals surface area contributed by atoms with Crippen LogP contribution in [0.1, 0.15) is 4.88 Å². The Kier molecular flexibility index (Phi) is 5.51. The average molecular weight is 460 g/mol. The Morgan fingerprint density at radius 2 is 1.80 bits per heavy atom. The first-order valence-electron chi connectivity index (χ1n) is 8.91. The summed E-state index contributed by atoms with van der Waals surface area (Å²) < 4.78 is 2.38. The number of nitrogens with zero attached hydrogens (tertiary/aromatic N) is 2. The Hall–Kier alpha value is -2.87. The van der Waals surface area contributed by atoms with Crippen LogP contribution in [-0.4, -0.2) is 15.0 Å². The molecule has 4 aromatic rings. The maximum Gasteiger partial charge on any atom is 0.337 e. The predicted molar refractivity (Wildman–Crippen MR) is 122 cm³/mol. The van der Waals surface area contributed by atoms with Gasteiger partial charge in [-0.05, 0) is 43.3 Å². The number of benzene rings is 2. The first kappa shape index (κ1) is 20.4. The Balaban J connectivity index is 1.82. The van der Waals surface area contributed by atoms with Gasteiger partial charge in [0.05, 0.1) is 21.8 Å². The van der Waals surface area contributed by atoms with Crippen LogP contribution in [-0.2, 0) is 11.3 Å². The molecule has 4 rings (SSSR count). The van der Waals surface area contributed by atoms with Crippen molar-refractivity contribution in [1.29, 1.82) is 0 Å². The van der Waals surface area contributed by atoms with E-state index in [1.165, 1.54) is 22.0 Å². The molecule has 0 fully saturated rings. The summed E-state index contributed by atoms with van der Waals surface area (Å²) in [6.07, 6.45) is 0. The van der Waals surface area contributed by atoms with Crippen molar-refractivity contribution < 1.29 is 4.79 Å². The molecule has 9 heteroatoms. The first-order chi connectivity index (χ1) is 14.3. The fourth-order valence-electron chi connectivity index (χ4n) is 3.14. The fourth-order valence-corrected chi connectivity index (χ4v) is 4.47. The zero-order chi connectivity index (χ0) is 21.4. The number of amides is 1. The Labute approximate surface area is 184 Å². The number of fused-ring (bicyclic) bond motifs is 1. The first-order valence-corrected chi connectivity index (χ1v) is 10.5. The summed E-state index contributed by atoms with van der Waals surface area (Å²) in [7, 11) is 0. The second-order valence-electron chi connectivity index (χ2n) is 6.59. The minimum Gasteiger partial charge on any atom is -0.323 e. The number of hydrogen-bond acceptors (Lipinski definition) is 4. The van der Waals surface area contributed by atoms with Crippen molar-refractivity contribution >= 4 is 56.3 Å². The number of aryl methyl sites for hydroxylation is 1. The smallest absolute Gasteiger partial charge is 0.323 e. The molecule has 0 atom stereocenters. The lowest BCUT2D eigenvalue weighted by molar-refractivity contribution is -0.116. The van der Waals surface area contributed by atoms with Crippen molar-refractivity contribution in [2.75, 3.05) is 5.32 Å². The lowest BCUT2D eigenvalue weighted by Crippen LogP contribution is -2.40. The van der Waals surface area contributed by atoms with E-state index < -0.39 is 17.2 Å². The van der Waals surface area contributed by atoms with E-state index in [0.29, 0.717) is 31.6 Å². The van der Waals surface area contributed by atoms with Crippen molar-refractivity contribution in [2.24, 2.45) is 0 Å². The van der Waals surface area contributed by atoms with E-state index in [1.807, 2.05) is 6.92 Å². The maximum atomic E-state index is 13.2. The van der Waals surface area contributed by atoms with E-state index in [0.717, 1.165) is 9.44 Å². The van der Waals surface area contributed by atoms with Crippen LogP contribution >= 0.6 is 34.5 Å². The highest BCUT2D eigenvalue weighted by Crippen LogP contribution is 2.26. The number of halogens is 2. The molecular formula is C21H15Cl2N3O3S. The van der Waals surface area contributed by atoms with Gasteiger partial charge >= 0.3 is 5.69 Å². The van der Waals surface area contributed by atoms with Crippen LogP contribution in [0.5, 0.6) is 0 Å². The molecule has 2 aromatic carbocycles. The monoisotopic (exact) mass is 459 g/mol. The molecule has 1 amide bonds. The Morgan fingerprint density at radius 1 is 1.07 bits per heavy atom. The van der Waals surface area contributed by atoms with Crippen molar-refractivity contribution in [2.45, 2.75) is 13.5 Å². The number of nitrogens with one attached hydrogen (secondary N) is 1. The van der Waals surface area contributed by atoms with Gasteiger partial charge in [0.25, 0.3) is 5.56 Å². The molecule has 0 saturated heterocycles. The maximum absolute atomic E-state index is 13.2. The second kappa shape index (κ2) is 8.10. The van der Waals surface area contributed by atoms with Crippen LogP contribution in [0.2, 0.25) is 10.0 Å². The molecule has 0 radical (unpaired) electrons. The lowest BCUT2D eigenvalue weighted by atomic mass is 10.3. The molecule has 152 valence electrons. The van der Waals surface area contributed by atoms with Crippen LogP contribution in [0.4, 0.5) is 5.69 Å². The molecule has 2 heterocycles. The highest BCUT2D eigenvalue weighted by atomic mass is 35.5. The molecular weight excluding hydrogens is 445 g/mol. The SMILES string of the molecule is Cc1cc2c(=O)n(-c3ccccc3)c(=O)n(CC(=O)Nc3cc(Cl)ccc3Cl)c2s1. The van der Waals surface area contributed by atoms with Crippen LogP contribution in [0, 0.1) is 6.92 Å². The summed E-state index contributed by atoms with van der Waals surface area (Å²) >= 11 is 13.4. The number of para-hydroxylation sites is 1. The number of aromatic nitrogens is 2. The highest BCUT2D eigenvalue weighted by Gasteiger charge is 2.19. The van der Waals surface area contributed by atoms with E-state index in [4.69, 9.17) is 23.2 Å². The third-order valence-electron chi connectivity index (χ3n) is 4.46. The normalized spacial score (nSPS) is 11.0. The van der Waals surface area contributed by atoms with Gasteiger partial charge in [0.15, 0.2) is 0 Å². The topological polar surface area (TPSA) is 73.1 Å². The van der Waals surface area contributed by atoms with Gasteiger partial charge in [0, 0.05) is 9.90 Å². The highest BCUT2D eigenvalue weighted by molar-refractivity contribution is 7.18. The van der Waals surface area contributed by atoms with Crippen molar-refractivity contribution in [3.63, 3.8) is 0 Å². The van der Waals surface area contributed by atoms with Crippen molar-refractivity contribution in [1.82, 2.24) is 9.13 Å². The molecule has 0 bridgehead atoms. The molecule has 0 aliphatic rings. The molecule has 2 aromatic heterocycles. The van der Waals surface area contributed by atoms with Crippen molar-refractivity contribution in [3.8, 4) is 5.69 Å². The number of anilines is 1. The van der Waals surface area contributed by atoms with Gasteiger partial charge in [0.1, 0.15) is 11.4 Å². The standard InChI is InChI=1S/C21H15Cl2N3O3S/c1-12-9-15-19(28)26(14-5-3-2-4-6-14)21(29)25(20(15)30-12)11-18(27)24-17-10-13(22)7-8-16(17)23/h2-10H,11H2,1H3,(H,24,27). The molecule has 6 nitrogen and oxygen atoms in total. The Morgan fingerprint density at radius 3 is 2.53 bits per heavy atom. The summed E-state index contributed by atoms with van der Waals surface area (Å²) in [6, 6.07) is 15.0. The number of hydrogen-bond donors (Lipinski definition) is 1. The van der Waals surface area contributed by atoms with Gasteiger partial charge in [-0.15, -0.1) is 11.3 Å². The lowest BCUT2D eigenvalue weighted by Gasteiger charge is -2.13. The number of carbonyl (C=O) groups is 1. The Bertz CT molecular complexity index is 1390. The van der Waals surface area contributed by atoms with E-state index in [9.17, 15) is 14.4 Å². The third kappa shape index (κ3) is 3.79. The van der Waals surface area contributed by atoms with Crippen LogP contribution in [0.15, 0.2) is 64.2 Å². The van der Waals surface area contributed by atoms with Crippen molar-refractivity contribution in [3.05, 3.63) is 90.4 Å². The zero-order valence-corrected chi connectivity index (χ0v) is 18.0. The molecule has 0 unspecified atom stereocenters. The summed E-state index contributed by atoms with van der Waals surface area (Å²) in [5.74, 6) is -0.466. The van der Waals surface area contributed by atoms with E-state index in [1.54, 1.807) is 48.5 Å². The molecule has 0 spiro atoms. The van der Waals surface area contributed by atoms with E-state index in [2.05, 4.69) is 5.32 Å². The third-order valence-corrected chi connectivity index (χ3v) is 6.09. The molecule has 0 saturated carbocycles. The number of rotatable bonds is 4. The molecule has 0 aliphatic carbocycles. The van der Waals surface area contributed by atoms with Gasteiger partial charge < -0.3 is 5.32 Å². The van der Waals surface area contributed by atoms with Crippen LogP contribution < -0.4 is 16.6 Å². The zero-order valence-electron chi connectivity index (χ0n) is 15.7. The summed E-state index contributed by atoms with van der Waals surface area (Å²) in [5, 5.41) is 3.80. The second-order valence-corrected chi connectivity index (χ2v) is 8.67. The molecule has 1 N–H and O–H groups in total. The van der Waals surface area contributed by atoms with Gasteiger partial charge in [-0.25, -0.2) is 9.36 Å². The quantitative estimate of drug-likeness (QED) is 0.489. The minimum atomic E-state index is -0.590. The van der Waals surface area contributed by atoms with Crippen LogP contribution in [0.3, 0.4) is 0 Å². The number of thiophene rings is 1. The predicted octanol–water partition coefficient (Wildman–Crippen LogP) is 4.47. The molecule has 0 aliphatic heterocycles. The van der Waals surface area contributed by atoms with Crippen LogP contribution in [0.25, 0.3) is 15.9 Å². The summed E-state index contributed by atoms with van der Waals surface area (Å²) in [4.78, 5) is 40.3. The van der Waals surface area contributed by atoms with E-state index in [-0.39, 0.29) is 6.54 Å². The van der Waals surface area contributed by atoms with E-state index >= 15 is 0 Å². The fraction of sp³-hybridized carbons (Fsp3) is 0.0952. The minimum absolute atomic E-state index is 0.286. The van der Waals surface area contributed by atoms with Gasteiger partial charge in [-0.2, -0.15) is 0 Å². The van der Waals surface area contributed by atoms with Gasteiger partial charge in [-0.3, -0.25) is 14.2 Å².